The van der Waals surface area contributed by atoms with Crippen molar-refractivity contribution in [3.05, 3.63) is 0 Å². The van der Waals surface area contributed by atoms with Crippen molar-refractivity contribution >= 4 is 24.1 Å². The number of nitrogens with zero attached hydrogens (tertiary/aromatic N) is 2. The molecule has 1 N–H and O–H groups in total. The van der Waals surface area contributed by atoms with E-state index in [9.17, 15) is 19.2 Å². The van der Waals surface area contributed by atoms with Gasteiger partial charge in [0.2, 0.25) is 5.91 Å². The highest BCUT2D eigenvalue weighted by Crippen LogP contribution is 1.98. The fourth-order valence-corrected chi connectivity index (χ4v) is 2.18. The van der Waals surface area contributed by atoms with Gasteiger partial charge >= 0.3 is 5.97 Å². The maximum Gasteiger partial charge on any atom is 0.334 e. The Morgan fingerprint density at radius 3 is 1.85 bits per heavy atom. The predicted octanol–water partition coefficient (Wildman–Crippen LogP) is -0.593. The normalized spacial score (nSPS) is 10.8. The third-order valence-corrected chi connectivity index (χ3v) is 3.99. The molecule has 0 aromatic rings. The van der Waals surface area contributed by atoms with Gasteiger partial charge in [-0.2, -0.15) is 5.06 Å². The Morgan fingerprint density at radius 2 is 1.30 bits per heavy atom. The van der Waals surface area contributed by atoms with Gasteiger partial charge in [0, 0.05) is 39.4 Å². The van der Waals surface area contributed by atoms with Gasteiger partial charge in [0.25, 0.3) is 5.91 Å². The van der Waals surface area contributed by atoms with E-state index >= 15 is 0 Å². The molecule has 0 aromatic heterocycles. The molecule has 0 atom stereocenters. The second kappa shape index (κ2) is 21.7. The maximum absolute atomic E-state index is 11.6. The van der Waals surface area contributed by atoms with Crippen LogP contribution in [0.1, 0.15) is 25.7 Å². The van der Waals surface area contributed by atoms with Crippen LogP contribution in [0.3, 0.4) is 0 Å². The average Bonchev–Trinajstić information content (AvgIpc) is 2.78. The van der Waals surface area contributed by atoms with E-state index in [1.165, 1.54) is 7.05 Å². The molecular formula is C21H39N3O9. The predicted molar refractivity (Wildman–Crippen MR) is 118 cm³/mol. The van der Waals surface area contributed by atoms with E-state index in [-0.39, 0.29) is 31.8 Å². The molecule has 0 spiro atoms. The van der Waals surface area contributed by atoms with Crippen LogP contribution in [0.15, 0.2) is 0 Å². The maximum atomic E-state index is 11.6. The number of hydrogen-bond acceptors (Lipinski definition) is 10. The fraction of sp³-hybridized carbons (Fsp3) is 0.810. The molecule has 0 fully saturated rings. The van der Waals surface area contributed by atoms with Gasteiger partial charge in [-0.25, -0.2) is 4.79 Å². The minimum atomic E-state index is -0.597. The van der Waals surface area contributed by atoms with Crippen LogP contribution < -0.4 is 5.32 Å². The summed E-state index contributed by atoms with van der Waals surface area (Å²) in [5.74, 6) is -1.03. The van der Waals surface area contributed by atoms with Gasteiger partial charge < -0.3 is 38.8 Å². The van der Waals surface area contributed by atoms with Crippen molar-refractivity contribution in [2.24, 2.45) is 0 Å². The lowest BCUT2D eigenvalue weighted by Crippen LogP contribution is -2.30. The molecule has 0 saturated heterocycles. The highest BCUT2D eigenvalue weighted by molar-refractivity contribution is 5.79. The van der Waals surface area contributed by atoms with Crippen LogP contribution in [-0.4, -0.2) is 121 Å². The first-order valence-electron chi connectivity index (χ1n) is 11.0. The highest BCUT2D eigenvalue weighted by Gasteiger charge is 2.13. The zero-order chi connectivity index (χ0) is 24.7. The topological polar surface area (TPSA) is 133 Å². The first-order valence-corrected chi connectivity index (χ1v) is 11.0. The molecule has 12 nitrogen and oxygen atoms in total. The standard InChI is InChI=1S/C21H39N3O9/c1-23(2)9-6-19(26)22-8-12-30-14-16-32-18-17-31-15-13-29-11-7-21(28)33-24(3)20(27)5-4-10-25/h10H,4-9,11-18H2,1-3H3,(H,22,26). The second-order valence-corrected chi connectivity index (χ2v) is 7.16. The number of carbonyl (C=O) groups excluding carboxylic acids is 4. The smallest absolute Gasteiger partial charge is 0.334 e. The molecule has 0 saturated carbocycles. The number of hydroxylamine groups is 2. The van der Waals surface area contributed by atoms with Gasteiger partial charge in [-0.1, -0.05) is 0 Å². The Bertz CT molecular complexity index is 547. The van der Waals surface area contributed by atoms with E-state index in [2.05, 4.69) is 5.32 Å². The molecule has 0 aliphatic heterocycles. The molecular weight excluding hydrogens is 438 g/mol. The zero-order valence-electron chi connectivity index (χ0n) is 20.0. The second-order valence-electron chi connectivity index (χ2n) is 7.16. The van der Waals surface area contributed by atoms with E-state index in [1.54, 1.807) is 0 Å². The Kier molecular flexibility index (Phi) is 20.3. The molecule has 0 radical (unpaired) electrons. The molecule has 0 bridgehead atoms. The van der Waals surface area contributed by atoms with E-state index in [1.807, 2.05) is 19.0 Å². The number of nitrogens with one attached hydrogen (secondary N) is 1. The molecule has 192 valence electrons. The summed E-state index contributed by atoms with van der Waals surface area (Å²) >= 11 is 0. The summed E-state index contributed by atoms with van der Waals surface area (Å²) < 4.78 is 21.4. The van der Waals surface area contributed by atoms with Crippen LogP contribution in [-0.2, 0) is 43.0 Å². The van der Waals surface area contributed by atoms with Gasteiger partial charge in [0.05, 0.1) is 59.3 Å². The van der Waals surface area contributed by atoms with Crippen LogP contribution in [0, 0.1) is 0 Å². The number of ether oxygens (including phenoxy) is 4. The monoisotopic (exact) mass is 477 g/mol. The van der Waals surface area contributed by atoms with E-state index in [0.717, 1.165) is 11.6 Å². The van der Waals surface area contributed by atoms with Crippen LogP contribution in [0.25, 0.3) is 0 Å². The molecule has 0 aliphatic rings. The number of rotatable bonds is 21. The number of aldehydes is 1. The Labute approximate surface area is 195 Å². The molecule has 0 heterocycles. The van der Waals surface area contributed by atoms with Crippen molar-refractivity contribution in [1.82, 2.24) is 15.3 Å². The van der Waals surface area contributed by atoms with E-state index in [0.29, 0.717) is 65.5 Å². The first kappa shape index (κ1) is 30.9. The Balaban J connectivity index is 3.35. The average molecular weight is 478 g/mol. The number of carbonyl (C=O) groups is 4. The van der Waals surface area contributed by atoms with Gasteiger partial charge in [0.15, 0.2) is 0 Å². The summed E-state index contributed by atoms with van der Waals surface area (Å²) in [5, 5.41) is 3.61. The largest absolute Gasteiger partial charge is 0.378 e. The zero-order valence-corrected chi connectivity index (χ0v) is 20.0. The summed E-state index contributed by atoms with van der Waals surface area (Å²) in [6, 6.07) is 0. The van der Waals surface area contributed by atoms with Crippen molar-refractivity contribution in [3.63, 3.8) is 0 Å². The van der Waals surface area contributed by atoms with Gasteiger partial charge in [-0.3, -0.25) is 9.59 Å². The minimum Gasteiger partial charge on any atom is -0.378 e. The number of hydrogen-bond donors (Lipinski definition) is 1. The van der Waals surface area contributed by atoms with Crippen LogP contribution in [0.5, 0.6) is 0 Å². The summed E-state index contributed by atoms with van der Waals surface area (Å²) in [6.45, 7) is 4.12. The van der Waals surface area contributed by atoms with Crippen molar-refractivity contribution in [3.8, 4) is 0 Å². The third kappa shape index (κ3) is 21.5. The molecule has 0 aliphatic carbocycles. The lowest BCUT2D eigenvalue weighted by Gasteiger charge is -2.15. The van der Waals surface area contributed by atoms with Crippen molar-refractivity contribution in [2.45, 2.75) is 25.7 Å². The lowest BCUT2D eigenvalue weighted by atomic mass is 10.3. The lowest BCUT2D eigenvalue weighted by molar-refractivity contribution is -0.193. The minimum absolute atomic E-state index is 0.00495. The van der Waals surface area contributed by atoms with Crippen LogP contribution in [0.2, 0.25) is 0 Å². The SMILES string of the molecule is CN(C)CCC(=O)NCCOCCOCCOCCOCCC(=O)ON(C)C(=O)CCC=O. The molecule has 0 aromatic carbocycles. The molecule has 2 amide bonds. The van der Waals surface area contributed by atoms with Crippen LogP contribution in [0.4, 0.5) is 0 Å². The number of amides is 2. The highest BCUT2D eigenvalue weighted by atomic mass is 16.7. The fourth-order valence-electron chi connectivity index (χ4n) is 2.18. The molecule has 12 heteroatoms. The van der Waals surface area contributed by atoms with E-state index in [4.69, 9.17) is 23.8 Å². The summed E-state index contributed by atoms with van der Waals surface area (Å²) in [4.78, 5) is 51.6. The van der Waals surface area contributed by atoms with Gasteiger partial charge in [-0.05, 0) is 14.1 Å². The third-order valence-electron chi connectivity index (χ3n) is 3.99. The van der Waals surface area contributed by atoms with E-state index < -0.39 is 11.9 Å². The molecule has 33 heavy (non-hydrogen) atoms. The summed E-state index contributed by atoms with van der Waals surface area (Å²) in [6.07, 6.45) is 1.17. The quantitative estimate of drug-likeness (QED) is 0.130. The van der Waals surface area contributed by atoms with Crippen molar-refractivity contribution in [1.29, 1.82) is 0 Å². The Hall–Kier alpha value is -2.12. The van der Waals surface area contributed by atoms with Gasteiger partial charge in [0.1, 0.15) is 6.29 Å². The summed E-state index contributed by atoms with van der Waals surface area (Å²) in [7, 11) is 5.16. The van der Waals surface area contributed by atoms with Crippen molar-refractivity contribution in [2.75, 3.05) is 87.1 Å². The Morgan fingerprint density at radius 1 is 0.758 bits per heavy atom. The molecule has 0 rings (SSSR count). The van der Waals surface area contributed by atoms with Crippen molar-refractivity contribution < 1.29 is 43.0 Å². The summed E-state index contributed by atoms with van der Waals surface area (Å²) in [5.41, 5.74) is 0. The first-order chi connectivity index (χ1) is 15.9. The van der Waals surface area contributed by atoms with Gasteiger partial charge in [-0.15, -0.1) is 0 Å². The van der Waals surface area contributed by atoms with Crippen LogP contribution >= 0.6 is 0 Å². The molecule has 0 unspecified atom stereocenters.